The first-order valence-corrected chi connectivity index (χ1v) is 10.6. The zero-order valence-corrected chi connectivity index (χ0v) is 17.9. The molecule has 0 amide bonds. The molecule has 0 fully saturated rings. The molecule has 0 unspecified atom stereocenters. The van der Waals surface area contributed by atoms with Crippen molar-refractivity contribution in [2.24, 2.45) is 0 Å². The van der Waals surface area contributed by atoms with Gasteiger partial charge < -0.3 is 4.74 Å². The van der Waals surface area contributed by atoms with Crippen LogP contribution in [0.1, 0.15) is 29.5 Å². The Morgan fingerprint density at radius 3 is 2.33 bits per heavy atom. The first-order valence-electron chi connectivity index (χ1n) is 10.6. The number of hydrogen-bond donors (Lipinski definition) is 0. The number of pyridine rings is 1. The largest absolute Gasteiger partial charge is 0.489 e. The number of nitrogens with zero attached hydrogens (tertiary/aromatic N) is 4. The average molecular weight is 452 g/mol. The van der Waals surface area contributed by atoms with Crippen molar-refractivity contribution >= 4 is 0 Å². The summed E-state index contributed by atoms with van der Waals surface area (Å²) in [4.78, 5) is 4.21. The minimum absolute atomic E-state index is 0.318. The summed E-state index contributed by atoms with van der Waals surface area (Å²) >= 11 is 0. The highest BCUT2D eigenvalue weighted by Gasteiger charge is 2.29. The minimum atomic E-state index is -4.35. The Labute approximate surface area is 189 Å². The molecule has 0 radical (unpaired) electrons. The van der Waals surface area contributed by atoms with Gasteiger partial charge in [-0.15, -0.1) is 5.10 Å². The Morgan fingerprint density at radius 2 is 1.64 bits per heavy atom. The van der Waals surface area contributed by atoms with Crippen molar-refractivity contribution in [3.05, 3.63) is 96.1 Å². The van der Waals surface area contributed by atoms with E-state index in [1.807, 2.05) is 29.1 Å². The van der Waals surface area contributed by atoms with Gasteiger partial charge in [-0.05, 0) is 60.7 Å². The van der Waals surface area contributed by atoms with Crippen LogP contribution in [-0.2, 0) is 25.7 Å². The average Bonchev–Trinajstić information content (AvgIpc) is 3.35. The van der Waals surface area contributed by atoms with E-state index in [4.69, 9.17) is 4.74 Å². The third-order valence-electron chi connectivity index (χ3n) is 5.24. The molecule has 0 aliphatic rings. The first-order chi connectivity index (χ1) is 16.0. The summed E-state index contributed by atoms with van der Waals surface area (Å²) in [5, 5.41) is 7.75. The van der Waals surface area contributed by atoms with E-state index in [1.165, 1.54) is 17.7 Å². The molecule has 2 aromatic heterocycles. The Balaban J connectivity index is 1.28. The molecule has 0 atom stereocenters. The molecule has 170 valence electrons. The van der Waals surface area contributed by atoms with Crippen LogP contribution >= 0.6 is 0 Å². The fraction of sp³-hybridized carbons (Fsp3) is 0.240. The molecule has 0 aliphatic heterocycles. The molecule has 0 saturated carbocycles. The van der Waals surface area contributed by atoms with Crippen LogP contribution in [0.25, 0.3) is 11.1 Å². The van der Waals surface area contributed by atoms with Gasteiger partial charge in [-0.1, -0.05) is 29.5 Å². The SMILES string of the molecule is FC(F)(F)c1ccc(-c2cncc(COc3ccc(CCCCn4ccnn4)cc3)c2)cc1. The van der Waals surface area contributed by atoms with Gasteiger partial charge >= 0.3 is 6.18 Å². The van der Waals surface area contributed by atoms with E-state index in [0.717, 1.165) is 54.8 Å². The van der Waals surface area contributed by atoms with Gasteiger partial charge in [-0.25, -0.2) is 0 Å². The van der Waals surface area contributed by atoms with Crippen LogP contribution < -0.4 is 4.74 Å². The number of aryl methyl sites for hydroxylation is 2. The zero-order valence-electron chi connectivity index (χ0n) is 17.9. The van der Waals surface area contributed by atoms with Gasteiger partial charge in [0.1, 0.15) is 12.4 Å². The number of hydrogen-bond acceptors (Lipinski definition) is 4. The summed E-state index contributed by atoms with van der Waals surface area (Å²) < 4.78 is 46.0. The number of benzene rings is 2. The lowest BCUT2D eigenvalue weighted by molar-refractivity contribution is -0.137. The third-order valence-corrected chi connectivity index (χ3v) is 5.24. The monoisotopic (exact) mass is 452 g/mol. The van der Waals surface area contributed by atoms with Gasteiger partial charge in [0.05, 0.1) is 11.8 Å². The molecular weight excluding hydrogens is 429 g/mol. The maximum absolute atomic E-state index is 12.8. The number of alkyl halides is 3. The van der Waals surface area contributed by atoms with E-state index in [2.05, 4.69) is 27.4 Å². The van der Waals surface area contributed by atoms with Crippen molar-refractivity contribution in [3.8, 4) is 16.9 Å². The topological polar surface area (TPSA) is 52.8 Å². The third kappa shape index (κ3) is 6.41. The van der Waals surface area contributed by atoms with Crippen molar-refractivity contribution in [1.29, 1.82) is 0 Å². The van der Waals surface area contributed by atoms with Crippen LogP contribution in [0.2, 0.25) is 0 Å². The van der Waals surface area contributed by atoms with E-state index in [0.29, 0.717) is 12.2 Å². The lowest BCUT2D eigenvalue weighted by atomic mass is 10.0. The number of ether oxygens (including phenoxy) is 1. The smallest absolute Gasteiger partial charge is 0.416 e. The maximum atomic E-state index is 12.8. The Morgan fingerprint density at radius 1 is 0.848 bits per heavy atom. The van der Waals surface area contributed by atoms with E-state index < -0.39 is 11.7 Å². The van der Waals surface area contributed by atoms with E-state index in [1.54, 1.807) is 18.6 Å². The number of aromatic nitrogens is 4. The van der Waals surface area contributed by atoms with E-state index in [9.17, 15) is 13.2 Å². The molecule has 4 aromatic rings. The number of halogens is 3. The predicted molar refractivity (Wildman–Crippen MR) is 118 cm³/mol. The van der Waals surface area contributed by atoms with Gasteiger partial charge in [0.15, 0.2) is 0 Å². The fourth-order valence-electron chi connectivity index (χ4n) is 3.45. The molecule has 2 aromatic carbocycles. The fourth-order valence-corrected chi connectivity index (χ4v) is 3.45. The minimum Gasteiger partial charge on any atom is -0.489 e. The van der Waals surface area contributed by atoms with Gasteiger partial charge in [-0.3, -0.25) is 9.67 Å². The molecule has 0 aliphatic carbocycles. The highest BCUT2D eigenvalue weighted by molar-refractivity contribution is 5.63. The quantitative estimate of drug-likeness (QED) is 0.294. The molecule has 0 spiro atoms. The molecule has 5 nitrogen and oxygen atoms in total. The molecule has 0 saturated heterocycles. The highest BCUT2D eigenvalue weighted by atomic mass is 19.4. The normalized spacial score (nSPS) is 11.5. The van der Waals surface area contributed by atoms with Crippen molar-refractivity contribution in [2.45, 2.75) is 38.6 Å². The molecule has 4 rings (SSSR count). The Hall–Kier alpha value is -3.68. The van der Waals surface area contributed by atoms with Crippen molar-refractivity contribution < 1.29 is 17.9 Å². The van der Waals surface area contributed by atoms with E-state index >= 15 is 0 Å². The summed E-state index contributed by atoms with van der Waals surface area (Å²) in [6, 6.07) is 14.9. The van der Waals surface area contributed by atoms with Gasteiger partial charge in [0.25, 0.3) is 0 Å². The van der Waals surface area contributed by atoms with Crippen molar-refractivity contribution in [3.63, 3.8) is 0 Å². The highest BCUT2D eigenvalue weighted by Crippen LogP contribution is 2.31. The van der Waals surface area contributed by atoms with Crippen LogP contribution in [0.15, 0.2) is 79.4 Å². The summed E-state index contributed by atoms with van der Waals surface area (Å²) in [7, 11) is 0. The lowest BCUT2D eigenvalue weighted by Crippen LogP contribution is -2.04. The summed E-state index contributed by atoms with van der Waals surface area (Å²) in [5.41, 5.74) is 2.82. The molecular formula is C25H23F3N4O. The molecule has 33 heavy (non-hydrogen) atoms. The predicted octanol–water partition coefficient (Wildman–Crippen LogP) is 5.96. The lowest BCUT2D eigenvalue weighted by Gasteiger charge is -2.10. The van der Waals surface area contributed by atoms with Gasteiger partial charge in [-0.2, -0.15) is 13.2 Å². The van der Waals surface area contributed by atoms with Crippen molar-refractivity contribution in [2.75, 3.05) is 0 Å². The van der Waals surface area contributed by atoms with Crippen LogP contribution in [0.5, 0.6) is 5.75 Å². The van der Waals surface area contributed by atoms with Gasteiger partial charge in [0.2, 0.25) is 0 Å². The molecule has 2 heterocycles. The van der Waals surface area contributed by atoms with Crippen LogP contribution in [0, 0.1) is 0 Å². The second-order valence-corrected chi connectivity index (χ2v) is 7.71. The van der Waals surface area contributed by atoms with E-state index in [-0.39, 0.29) is 0 Å². The Bertz CT molecular complexity index is 1140. The summed E-state index contributed by atoms with van der Waals surface area (Å²) in [6.07, 6.45) is 5.59. The number of rotatable bonds is 9. The maximum Gasteiger partial charge on any atom is 0.416 e. The summed E-state index contributed by atoms with van der Waals surface area (Å²) in [6.45, 7) is 1.18. The second kappa shape index (κ2) is 10.3. The number of unbranched alkanes of at least 4 members (excludes halogenated alkanes) is 1. The zero-order chi connectivity index (χ0) is 23.1. The standard InChI is InChI=1S/C25H23F3N4O/c26-25(27,28)23-8-6-21(7-9-23)22-15-20(16-29-17-22)18-33-24-10-4-19(5-11-24)3-1-2-13-32-14-12-30-31-32/h4-12,14-17H,1-3,13,18H2. The molecule has 0 N–H and O–H groups in total. The summed E-state index contributed by atoms with van der Waals surface area (Å²) in [5.74, 6) is 0.751. The van der Waals surface area contributed by atoms with Crippen LogP contribution in [0.3, 0.4) is 0 Å². The second-order valence-electron chi connectivity index (χ2n) is 7.71. The Kier molecular flexibility index (Phi) is 7.02. The van der Waals surface area contributed by atoms with Crippen LogP contribution in [0.4, 0.5) is 13.2 Å². The van der Waals surface area contributed by atoms with Crippen molar-refractivity contribution in [1.82, 2.24) is 20.0 Å². The first kappa shape index (κ1) is 22.5. The molecule has 0 bridgehead atoms. The van der Waals surface area contributed by atoms with Gasteiger partial charge in [0, 0.05) is 36.3 Å². The molecule has 8 heteroatoms. The van der Waals surface area contributed by atoms with Crippen LogP contribution in [-0.4, -0.2) is 20.0 Å².